The summed E-state index contributed by atoms with van der Waals surface area (Å²) in [7, 11) is 1.72. The third-order valence-corrected chi connectivity index (χ3v) is 7.15. The van der Waals surface area contributed by atoms with Crippen molar-refractivity contribution in [2.75, 3.05) is 7.11 Å². The molecule has 1 saturated carbocycles. The highest BCUT2D eigenvalue weighted by Crippen LogP contribution is 2.40. The molecule has 0 aliphatic heterocycles. The molecule has 0 atom stereocenters. The highest BCUT2D eigenvalue weighted by Gasteiger charge is 2.40. The number of hydrogen-bond acceptors (Lipinski definition) is 3. The number of amides is 2. The molecule has 2 amide bonds. The van der Waals surface area contributed by atoms with Crippen molar-refractivity contribution in [3.8, 4) is 5.75 Å². The predicted octanol–water partition coefficient (Wildman–Crippen LogP) is 5.97. The highest BCUT2D eigenvalue weighted by atomic mass is 16.5. The van der Waals surface area contributed by atoms with Gasteiger partial charge in [0.2, 0.25) is 11.8 Å². The van der Waals surface area contributed by atoms with Gasteiger partial charge in [-0.2, -0.15) is 0 Å². The second kappa shape index (κ2) is 11.1. The first-order chi connectivity index (χ1) is 16.9. The molecular formula is C31H44N2O3. The van der Waals surface area contributed by atoms with Gasteiger partial charge < -0.3 is 15.4 Å². The summed E-state index contributed by atoms with van der Waals surface area (Å²) in [4.78, 5) is 26.8. The molecule has 5 nitrogen and oxygen atoms in total. The van der Waals surface area contributed by atoms with Crippen LogP contribution in [0.15, 0.2) is 42.5 Å². The van der Waals surface area contributed by atoms with Crippen LogP contribution in [0.25, 0.3) is 0 Å². The monoisotopic (exact) mass is 492 g/mol. The summed E-state index contributed by atoms with van der Waals surface area (Å²) in [5, 5.41) is 6.26. The van der Waals surface area contributed by atoms with Gasteiger partial charge in [0, 0.05) is 17.7 Å². The van der Waals surface area contributed by atoms with Gasteiger partial charge >= 0.3 is 0 Å². The van der Waals surface area contributed by atoms with Gasteiger partial charge in [-0.05, 0) is 34.8 Å². The topological polar surface area (TPSA) is 67.4 Å². The van der Waals surface area contributed by atoms with Gasteiger partial charge in [-0.15, -0.1) is 0 Å². The van der Waals surface area contributed by atoms with Crippen molar-refractivity contribution >= 4 is 11.8 Å². The SMILES string of the molecule is COc1c(C(C)(C)C)cc(CC(=O)NC2(C(=O)NCc3ccccc3)CCCCC2)cc1C(C)(C)C. The summed E-state index contributed by atoms with van der Waals surface area (Å²) in [5.41, 5.74) is 3.04. The van der Waals surface area contributed by atoms with Crippen LogP contribution >= 0.6 is 0 Å². The molecule has 0 spiro atoms. The van der Waals surface area contributed by atoms with Crippen LogP contribution in [0.5, 0.6) is 5.75 Å². The van der Waals surface area contributed by atoms with Gasteiger partial charge in [0.15, 0.2) is 0 Å². The fraction of sp³-hybridized carbons (Fsp3) is 0.548. The number of ether oxygens (including phenoxy) is 1. The summed E-state index contributed by atoms with van der Waals surface area (Å²) in [6.45, 7) is 13.4. The van der Waals surface area contributed by atoms with Crippen LogP contribution in [0.1, 0.15) is 95.9 Å². The zero-order valence-corrected chi connectivity index (χ0v) is 23.2. The summed E-state index contributed by atoms with van der Waals surface area (Å²) in [6, 6.07) is 14.1. The lowest BCUT2D eigenvalue weighted by molar-refractivity contribution is -0.135. The number of carbonyl (C=O) groups excluding carboxylic acids is 2. The Kier molecular flexibility index (Phi) is 8.53. The molecule has 196 valence electrons. The van der Waals surface area contributed by atoms with Crippen LogP contribution in [0, 0.1) is 0 Å². The molecular weight excluding hydrogens is 448 g/mol. The van der Waals surface area contributed by atoms with E-state index in [0.29, 0.717) is 19.4 Å². The third kappa shape index (κ3) is 6.68. The van der Waals surface area contributed by atoms with Crippen molar-refractivity contribution in [2.24, 2.45) is 0 Å². The first kappa shape index (κ1) is 27.8. The number of benzene rings is 2. The second-order valence-corrected chi connectivity index (χ2v) is 12.3. The van der Waals surface area contributed by atoms with E-state index in [1.807, 2.05) is 30.3 Å². The standard InChI is InChI=1S/C31H44N2O3/c1-29(2,3)24-18-23(19-25(27(24)36-7)30(4,5)6)20-26(34)33-31(16-12-9-13-17-31)28(35)32-21-22-14-10-8-11-15-22/h8,10-11,14-15,18-19H,9,12-13,16-17,20-21H2,1-7H3,(H,32,35)(H,33,34). The number of carbonyl (C=O) groups is 2. The van der Waals surface area contributed by atoms with E-state index in [-0.39, 0.29) is 29.1 Å². The second-order valence-electron chi connectivity index (χ2n) is 12.3. The molecule has 0 saturated heterocycles. The number of methoxy groups -OCH3 is 1. The van der Waals surface area contributed by atoms with Crippen molar-refractivity contribution in [1.29, 1.82) is 0 Å². The van der Waals surface area contributed by atoms with E-state index in [4.69, 9.17) is 4.74 Å². The highest BCUT2D eigenvalue weighted by molar-refractivity contribution is 5.92. The lowest BCUT2D eigenvalue weighted by Crippen LogP contribution is -2.59. The smallest absolute Gasteiger partial charge is 0.246 e. The first-order valence-electron chi connectivity index (χ1n) is 13.2. The summed E-state index contributed by atoms with van der Waals surface area (Å²) in [6.07, 6.45) is 4.52. The van der Waals surface area contributed by atoms with Crippen LogP contribution in [0.2, 0.25) is 0 Å². The lowest BCUT2D eigenvalue weighted by Gasteiger charge is -2.37. The van der Waals surface area contributed by atoms with Gasteiger partial charge in [-0.1, -0.05) is 103 Å². The Morgan fingerprint density at radius 2 is 1.42 bits per heavy atom. The fourth-order valence-electron chi connectivity index (χ4n) is 5.13. The van der Waals surface area contributed by atoms with Gasteiger partial charge in [-0.25, -0.2) is 0 Å². The van der Waals surface area contributed by atoms with Crippen molar-refractivity contribution in [3.05, 3.63) is 64.7 Å². The zero-order chi connectivity index (χ0) is 26.6. The van der Waals surface area contributed by atoms with Crippen LogP contribution in [-0.2, 0) is 33.4 Å². The molecule has 2 aromatic carbocycles. The maximum Gasteiger partial charge on any atom is 0.246 e. The van der Waals surface area contributed by atoms with E-state index in [0.717, 1.165) is 47.3 Å². The van der Waals surface area contributed by atoms with Crippen LogP contribution < -0.4 is 15.4 Å². The molecule has 2 N–H and O–H groups in total. The van der Waals surface area contributed by atoms with Crippen molar-refractivity contribution in [1.82, 2.24) is 10.6 Å². The molecule has 3 rings (SSSR count). The molecule has 1 fully saturated rings. The molecule has 0 heterocycles. The predicted molar refractivity (Wildman–Crippen MR) is 146 cm³/mol. The zero-order valence-electron chi connectivity index (χ0n) is 23.2. The van der Waals surface area contributed by atoms with Gasteiger partial charge in [0.1, 0.15) is 11.3 Å². The van der Waals surface area contributed by atoms with Crippen LogP contribution in [0.4, 0.5) is 0 Å². The lowest BCUT2D eigenvalue weighted by atomic mass is 9.78. The maximum absolute atomic E-state index is 13.4. The molecule has 2 aromatic rings. The van der Waals surface area contributed by atoms with E-state index in [2.05, 4.69) is 64.3 Å². The number of rotatable bonds is 7. The minimum Gasteiger partial charge on any atom is -0.496 e. The maximum atomic E-state index is 13.4. The molecule has 0 aromatic heterocycles. The Hall–Kier alpha value is -2.82. The van der Waals surface area contributed by atoms with E-state index >= 15 is 0 Å². The van der Waals surface area contributed by atoms with Crippen LogP contribution in [0.3, 0.4) is 0 Å². The number of hydrogen-bond donors (Lipinski definition) is 2. The number of nitrogens with one attached hydrogen (secondary N) is 2. The van der Waals surface area contributed by atoms with Gasteiger partial charge in [0.25, 0.3) is 0 Å². The molecule has 5 heteroatoms. The molecule has 0 radical (unpaired) electrons. The Labute approximate surface area is 217 Å². The third-order valence-electron chi connectivity index (χ3n) is 7.15. The Bertz CT molecular complexity index is 1020. The minimum atomic E-state index is -0.851. The normalized spacial score (nSPS) is 15.8. The van der Waals surface area contributed by atoms with E-state index in [1.54, 1.807) is 7.11 Å². The average Bonchev–Trinajstić information content (AvgIpc) is 2.82. The van der Waals surface area contributed by atoms with Crippen LogP contribution in [-0.4, -0.2) is 24.5 Å². The first-order valence-corrected chi connectivity index (χ1v) is 13.2. The molecule has 0 unspecified atom stereocenters. The molecule has 36 heavy (non-hydrogen) atoms. The Morgan fingerprint density at radius 3 is 1.92 bits per heavy atom. The fourth-order valence-corrected chi connectivity index (χ4v) is 5.13. The Balaban J connectivity index is 1.84. The van der Waals surface area contributed by atoms with Gasteiger partial charge in [0.05, 0.1) is 13.5 Å². The van der Waals surface area contributed by atoms with E-state index < -0.39 is 5.54 Å². The minimum absolute atomic E-state index is 0.0834. The van der Waals surface area contributed by atoms with Crippen molar-refractivity contribution in [3.63, 3.8) is 0 Å². The van der Waals surface area contributed by atoms with Gasteiger partial charge in [-0.3, -0.25) is 9.59 Å². The summed E-state index contributed by atoms with van der Waals surface area (Å²) >= 11 is 0. The largest absolute Gasteiger partial charge is 0.496 e. The summed E-state index contributed by atoms with van der Waals surface area (Å²) in [5.74, 6) is 0.694. The van der Waals surface area contributed by atoms with E-state index in [9.17, 15) is 9.59 Å². The molecule has 0 bridgehead atoms. The van der Waals surface area contributed by atoms with E-state index in [1.165, 1.54) is 0 Å². The average molecular weight is 493 g/mol. The van der Waals surface area contributed by atoms with Crippen molar-refractivity contribution in [2.45, 2.75) is 103 Å². The quantitative estimate of drug-likeness (QED) is 0.500. The molecule has 1 aliphatic carbocycles. The summed E-state index contributed by atoms with van der Waals surface area (Å²) < 4.78 is 5.87. The Morgan fingerprint density at radius 1 is 0.861 bits per heavy atom. The molecule has 1 aliphatic rings. The van der Waals surface area contributed by atoms with Crippen molar-refractivity contribution < 1.29 is 14.3 Å².